The fourth-order valence-corrected chi connectivity index (χ4v) is 1.78. The zero-order chi connectivity index (χ0) is 13.8. The SMILES string of the molecule is COC(=O)C(C)Nc1cccc(-c2nncn2C)c1. The van der Waals surface area contributed by atoms with Gasteiger partial charge < -0.3 is 14.6 Å². The Labute approximate surface area is 111 Å². The largest absolute Gasteiger partial charge is 0.467 e. The van der Waals surface area contributed by atoms with E-state index in [1.165, 1.54) is 7.11 Å². The molecule has 0 saturated heterocycles. The third-order valence-corrected chi connectivity index (χ3v) is 2.77. The summed E-state index contributed by atoms with van der Waals surface area (Å²) in [5.41, 5.74) is 1.76. The highest BCUT2D eigenvalue weighted by molar-refractivity contribution is 5.79. The first kappa shape index (κ1) is 13.1. The van der Waals surface area contributed by atoms with Gasteiger partial charge in [0.25, 0.3) is 0 Å². The topological polar surface area (TPSA) is 69.0 Å². The third-order valence-electron chi connectivity index (χ3n) is 2.77. The van der Waals surface area contributed by atoms with Crippen molar-refractivity contribution < 1.29 is 9.53 Å². The number of carbonyl (C=O) groups is 1. The van der Waals surface area contributed by atoms with E-state index in [-0.39, 0.29) is 5.97 Å². The van der Waals surface area contributed by atoms with Gasteiger partial charge >= 0.3 is 5.97 Å². The Bertz CT molecular complexity index is 580. The summed E-state index contributed by atoms with van der Waals surface area (Å²) in [6.07, 6.45) is 1.65. The van der Waals surface area contributed by atoms with Gasteiger partial charge in [-0.3, -0.25) is 0 Å². The predicted molar refractivity (Wildman–Crippen MR) is 71.5 cm³/mol. The van der Waals surface area contributed by atoms with Crippen LogP contribution in [0.2, 0.25) is 0 Å². The van der Waals surface area contributed by atoms with E-state index in [9.17, 15) is 4.79 Å². The lowest BCUT2D eigenvalue weighted by atomic mass is 10.1. The standard InChI is InChI=1S/C13H16N4O2/c1-9(13(18)19-3)15-11-6-4-5-10(7-11)12-16-14-8-17(12)2/h4-9,15H,1-3H3. The highest BCUT2D eigenvalue weighted by Crippen LogP contribution is 2.20. The van der Waals surface area contributed by atoms with E-state index in [2.05, 4.69) is 20.3 Å². The summed E-state index contributed by atoms with van der Waals surface area (Å²) in [6, 6.07) is 7.25. The van der Waals surface area contributed by atoms with Gasteiger partial charge in [0.2, 0.25) is 0 Å². The van der Waals surface area contributed by atoms with Crippen molar-refractivity contribution in [3.8, 4) is 11.4 Å². The number of ether oxygens (including phenoxy) is 1. The van der Waals surface area contributed by atoms with E-state index in [1.54, 1.807) is 13.3 Å². The Morgan fingerprint density at radius 1 is 1.47 bits per heavy atom. The maximum absolute atomic E-state index is 11.4. The van der Waals surface area contributed by atoms with Gasteiger partial charge in [-0.1, -0.05) is 12.1 Å². The van der Waals surface area contributed by atoms with Crippen LogP contribution in [0, 0.1) is 0 Å². The molecule has 19 heavy (non-hydrogen) atoms. The van der Waals surface area contributed by atoms with Gasteiger partial charge in [0.05, 0.1) is 7.11 Å². The van der Waals surface area contributed by atoms with Crippen LogP contribution >= 0.6 is 0 Å². The molecule has 1 heterocycles. The number of nitrogens with one attached hydrogen (secondary N) is 1. The Morgan fingerprint density at radius 3 is 2.89 bits per heavy atom. The smallest absolute Gasteiger partial charge is 0.327 e. The number of aryl methyl sites for hydroxylation is 1. The van der Waals surface area contributed by atoms with Crippen LogP contribution in [0.4, 0.5) is 5.69 Å². The Kier molecular flexibility index (Phi) is 3.79. The van der Waals surface area contributed by atoms with Gasteiger partial charge in [-0.2, -0.15) is 0 Å². The number of rotatable bonds is 4. The fourth-order valence-electron chi connectivity index (χ4n) is 1.78. The number of esters is 1. The molecule has 1 aromatic heterocycles. The normalized spacial score (nSPS) is 11.9. The number of aromatic nitrogens is 3. The van der Waals surface area contributed by atoms with Crippen LogP contribution < -0.4 is 5.32 Å². The maximum atomic E-state index is 11.4. The number of hydrogen-bond acceptors (Lipinski definition) is 5. The number of benzene rings is 1. The van der Waals surface area contributed by atoms with Crippen molar-refractivity contribution in [3.63, 3.8) is 0 Å². The van der Waals surface area contributed by atoms with Crippen LogP contribution in [-0.2, 0) is 16.6 Å². The van der Waals surface area contributed by atoms with E-state index in [4.69, 9.17) is 0 Å². The predicted octanol–water partition coefficient (Wildman–Crippen LogP) is 1.46. The van der Waals surface area contributed by atoms with Crippen molar-refractivity contribution in [2.75, 3.05) is 12.4 Å². The quantitative estimate of drug-likeness (QED) is 0.843. The monoisotopic (exact) mass is 260 g/mol. The summed E-state index contributed by atoms with van der Waals surface area (Å²) >= 11 is 0. The lowest BCUT2D eigenvalue weighted by molar-refractivity contribution is -0.141. The summed E-state index contributed by atoms with van der Waals surface area (Å²) in [7, 11) is 3.25. The van der Waals surface area contributed by atoms with Gasteiger partial charge in [-0.25, -0.2) is 4.79 Å². The first-order valence-electron chi connectivity index (χ1n) is 5.90. The van der Waals surface area contributed by atoms with Crippen LogP contribution in [0.25, 0.3) is 11.4 Å². The van der Waals surface area contributed by atoms with Gasteiger partial charge in [-0.15, -0.1) is 10.2 Å². The molecule has 1 atom stereocenters. The van der Waals surface area contributed by atoms with Crippen molar-refractivity contribution in [2.24, 2.45) is 7.05 Å². The van der Waals surface area contributed by atoms with Crippen LogP contribution in [-0.4, -0.2) is 33.9 Å². The average molecular weight is 260 g/mol. The van der Waals surface area contributed by atoms with Crippen molar-refractivity contribution in [3.05, 3.63) is 30.6 Å². The Hall–Kier alpha value is -2.37. The highest BCUT2D eigenvalue weighted by Gasteiger charge is 2.13. The summed E-state index contributed by atoms with van der Waals surface area (Å²) in [6.45, 7) is 1.75. The molecule has 1 N–H and O–H groups in total. The molecule has 0 spiro atoms. The molecule has 100 valence electrons. The first-order valence-corrected chi connectivity index (χ1v) is 5.90. The molecule has 0 saturated carbocycles. The number of anilines is 1. The number of nitrogens with zero attached hydrogens (tertiary/aromatic N) is 3. The summed E-state index contributed by atoms with van der Waals surface area (Å²) < 4.78 is 6.51. The molecule has 1 aromatic carbocycles. The first-order chi connectivity index (χ1) is 9.11. The van der Waals surface area contributed by atoms with Crippen molar-refractivity contribution in [1.82, 2.24) is 14.8 Å². The lowest BCUT2D eigenvalue weighted by Gasteiger charge is -2.13. The Morgan fingerprint density at radius 2 is 2.26 bits per heavy atom. The van der Waals surface area contributed by atoms with E-state index in [1.807, 2.05) is 35.9 Å². The fraction of sp³-hybridized carbons (Fsp3) is 0.308. The summed E-state index contributed by atoms with van der Waals surface area (Å²) in [4.78, 5) is 11.4. The third kappa shape index (κ3) is 2.90. The molecule has 0 amide bonds. The maximum Gasteiger partial charge on any atom is 0.327 e. The number of methoxy groups -OCH3 is 1. The summed E-state index contributed by atoms with van der Waals surface area (Å²) in [5.74, 6) is 0.471. The molecular formula is C13H16N4O2. The van der Waals surface area contributed by atoms with Crippen molar-refractivity contribution in [1.29, 1.82) is 0 Å². The van der Waals surface area contributed by atoms with E-state index in [0.29, 0.717) is 0 Å². The molecule has 2 aromatic rings. The molecule has 6 heteroatoms. The van der Waals surface area contributed by atoms with E-state index >= 15 is 0 Å². The van der Waals surface area contributed by atoms with E-state index < -0.39 is 6.04 Å². The highest BCUT2D eigenvalue weighted by atomic mass is 16.5. The minimum atomic E-state index is -0.403. The van der Waals surface area contributed by atoms with Gasteiger partial charge in [-0.05, 0) is 19.1 Å². The second kappa shape index (κ2) is 5.51. The van der Waals surface area contributed by atoms with Crippen LogP contribution in [0.5, 0.6) is 0 Å². The van der Waals surface area contributed by atoms with Gasteiger partial charge in [0.15, 0.2) is 5.82 Å². The molecule has 0 aliphatic heterocycles. The molecule has 0 aliphatic carbocycles. The lowest BCUT2D eigenvalue weighted by Crippen LogP contribution is -2.27. The zero-order valence-electron chi connectivity index (χ0n) is 11.1. The molecule has 0 bridgehead atoms. The van der Waals surface area contributed by atoms with E-state index in [0.717, 1.165) is 17.1 Å². The Balaban J connectivity index is 2.21. The van der Waals surface area contributed by atoms with Crippen molar-refractivity contribution >= 4 is 11.7 Å². The van der Waals surface area contributed by atoms with Crippen LogP contribution in [0.15, 0.2) is 30.6 Å². The van der Waals surface area contributed by atoms with Gasteiger partial charge in [0, 0.05) is 18.3 Å². The molecule has 1 unspecified atom stereocenters. The molecule has 2 rings (SSSR count). The average Bonchev–Trinajstić information content (AvgIpc) is 2.84. The molecular weight excluding hydrogens is 244 g/mol. The summed E-state index contributed by atoms with van der Waals surface area (Å²) in [5, 5.41) is 11.0. The van der Waals surface area contributed by atoms with Crippen molar-refractivity contribution in [2.45, 2.75) is 13.0 Å². The minimum absolute atomic E-state index is 0.302. The number of carbonyl (C=O) groups excluding carboxylic acids is 1. The van der Waals surface area contributed by atoms with Crippen LogP contribution in [0.1, 0.15) is 6.92 Å². The molecule has 0 aliphatic rings. The molecule has 0 fully saturated rings. The second-order valence-electron chi connectivity index (χ2n) is 4.24. The molecule has 0 radical (unpaired) electrons. The van der Waals surface area contributed by atoms with Gasteiger partial charge in [0.1, 0.15) is 12.4 Å². The number of hydrogen-bond donors (Lipinski definition) is 1. The second-order valence-corrected chi connectivity index (χ2v) is 4.24. The molecule has 6 nitrogen and oxygen atoms in total. The zero-order valence-corrected chi connectivity index (χ0v) is 11.1. The minimum Gasteiger partial charge on any atom is -0.467 e. The van der Waals surface area contributed by atoms with Crippen LogP contribution in [0.3, 0.4) is 0 Å².